The first-order chi connectivity index (χ1) is 24.3. The Balaban J connectivity index is 1.53. The normalized spacial score (nSPS) is 19.6. The molecule has 17 heteroatoms. The second kappa shape index (κ2) is 17.1. The summed E-state index contributed by atoms with van der Waals surface area (Å²) in [5.74, 6) is -3.66. The van der Waals surface area contributed by atoms with Crippen LogP contribution in [-0.4, -0.2) is 90.9 Å². The molecule has 1 aliphatic heterocycles. The average Bonchev–Trinajstić information content (AvgIpc) is 3.09. The van der Waals surface area contributed by atoms with Crippen LogP contribution in [0.25, 0.3) is 10.8 Å². The van der Waals surface area contributed by atoms with Gasteiger partial charge in [-0.3, -0.25) is 29.4 Å². The molecule has 0 saturated carbocycles. The fourth-order valence-electron chi connectivity index (χ4n) is 5.17. The van der Waals surface area contributed by atoms with E-state index in [0.717, 1.165) is 44.7 Å². The molecule has 5 atom stereocenters. The first-order valence-corrected chi connectivity index (χ1v) is 15.5. The summed E-state index contributed by atoms with van der Waals surface area (Å²) < 4.78 is 43.3. The lowest BCUT2D eigenvalue weighted by molar-refractivity contribution is -0.387. The van der Waals surface area contributed by atoms with Crippen molar-refractivity contribution in [2.45, 2.75) is 65.0 Å². The average molecular weight is 713 g/mol. The van der Waals surface area contributed by atoms with E-state index in [1.165, 1.54) is 17.0 Å². The van der Waals surface area contributed by atoms with Crippen molar-refractivity contribution in [3.63, 3.8) is 0 Å². The van der Waals surface area contributed by atoms with E-state index in [1.807, 2.05) is 36.4 Å². The Bertz CT molecular complexity index is 1770. The molecule has 51 heavy (non-hydrogen) atoms. The number of ether oxygens (including phenoxy) is 8. The summed E-state index contributed by atoms with van der Waals surface area (Å²) in [6.07, 6.45) is -9.35. The highest BCUT2D eigenvalue weighted by Gasteiger charge is 2.56. The number of esters is 4. The van der Waals surface area contributed by atoms with Crippen LogP contribution in [0, 0.1) is 10.1 Å². The maximum Gasteiger partial charge on any atom is 0.412 e. The quantitative estimate of drug-likeness (QED) is 0.0812. The van der Waals surface area contributed by atoms with Crippen molar-refractivity contribution >= 4 is 46.4 Å². The summed E-state index contributed by atoms with van der Waals surface area (Å²) in [5.41, 5.74) is -0.421. The lowest BCUT2D eigenvalue weighted by Crippen LogP contribution is -2.64. The molecular weight excluding hydrogens is 676 g/mol. The lowest BCUT2D eigenvalue weighted by Gasteiger charge is -2.42. The molecule has 3 aromatic rings. The Morgan fingerprint density at radius 3 is 2.14 bits per heavy atom. The number of fused-ring (bicyclic) bond motifs is 1. The number of carbonyl (C=O) groups is 5. The number of nitro groups is 1. The Morgan fingerprint density at radius 2 is 1.49 bits per heavy atom. The van der Waals surface area contributed by atoms with Gasteiger partial charge >= 0.3 is 35.7 Å². The number of amides is 1. The molecule has 17 nitrogen and oxygen atoms in total. The van der Waals surface area contributed by atoms with Crippen LogP contribution in [-0.2, 0) is 54.2 Å². The van der Waals surface area contributed by atoms with E-state index in [1.54, 1.807) is 13.0 Å². The number of hydrogen-bond acceptors (Lipinski definition) is 15. The number of methoxy groups -OCH3 is 1. The number of rotatable bonds is 13. The molecule has 0 bridgehead atoms. The van der Waals surface area contributed by atoms with Crippen molar-refractivity contribution in [2.75, 3.05) is 20.4 Å². The molecule has 3 unspecified atom stereocenters. The molecule has 1 amide bonds. The maximum absolute atomic E-state index is 12.9. The summed E-state index contributed by atoms with van der Waals surface area (Å²) in [6.45, 7) is 4.52. The van der Waals surface area contributed by atoms with Crippen LogP contribution in [0.5, 0.6) is 11.5 Å². The highest BCUT2D eigenvalue weighted by Crippen LogP contribution is 2.35. The van der Waals surface area contributed by atoms with Crippen LogP contribution >= 0.6 is 0 Å². The van der Waals surface area contributed by atoms with Crippen molar-refractivity contribution in [1.82, 2.24) is 4.90 Å². The third-order valence-corrected chi connectivity index (χ3v) is 7.43. The minimum absolute atomic E-state index is 0.125. The zero-order valence-corrected chi connectivity index (χ0v) is 28.3. The van der Waals surface area contributed by atoms with E-state index in [2.05, 4.69) is 0 Å². The van der Waals surface area contributed by atoms with Crippen molar-refractivity contribution in [3.05, 3.63) is 76.3 Å². The highest BCUT2D eigenvalue weighted by atomic mass is 16.7. The Hall–Kier alpha value is -5.97. The molecule has 0 radical (unpaired) electrons. The maximum atomic E-state index is 12.9. The summed E-state index contributed by atoms with van der Waals surface area (Å²) in [6, 6.07) is 16.8. The minimum atomic E-state index is -1.82. The van der Waals surface area contributed by atoms with Gasteiger partial charge in [-0.2, -0.15) is 0 Å². The molecule has 1 fully saturated rings. The Morgan fingerprint density at radius 1 is 0.843 bits per heavy atom. The Labute approximate surface area is 291 Å². The van der Waals surface area contributed by atoms with Gasteiger partial charge in [-0.25, -0.2) is 9.59 Å². The number of nitro benzene ring substituents is 1. The van der Waals surface area contributed by atoms with Crippen LogP contribution in [0.15, 0.2) is 60.7 Å². The van der Waals surface area contributed by atoms with Crippen LogP contribution in [0.4, 0.5) is 10.5 Å². The standard InChI is InChI=1S/C34H36N2O15/c1-6-35(18-46-26-13-9-11-23-10-7-8-12-24(23)26)34(41)45-17-22-14-15-27(25(16-22)36(42)43)50-33-31(49-21(4)39)29(48-20(3)38)28(47-19(2)37)30(51-33)32(40)44-5/h7-16,28-31,33H,6,17-18H2,1-5H3/t28?,29-,30?,31?,33-/m0/s1. The SMILES string of the molecule is CCN(COc1cccc2ccccc12)C(=O)OCc1ccc(O[C@H]2OC(C(=O)OC)C(OC(C)=O)[C@H](OC(C)=O)C2OC(C)=O)c([N+](=O)[O-])c1. The first-order valence-electron chi connectivity index (χ1n) is 15.5. The van der Waals surface area contributed by atoms with E-state index in [9.17, 15) is 34.1 Å². The zero-order valence-electron chi connectivity index (χ0n) is 28.3. The van der Waals surface area contributed by atoms with Crippen molar-refractivity contribution in [2.24, 2.45) is 0 Å². The fourth-order valence-corrected chi connectivity index (χ4v) is 5.17. The van der Waals surface area contributed by atoms with E-state index in [4.69, 9.17) is 37.9 Å². The van der Waals surface area contributed by atoms with Gasteiger partial charge in [-0.15, -0.1) is 0 Å². The Kier molecular flexibility index (Phi) is 12.7. The summed E-state index contributed by atoms with van der Waals surface area (Å²) in [4.78, 5) is 74.3. The van der Waals surface area contributed by atoms with Crippen LogP contribution in [0.3, 0.4) is 0 Å². The van der Waals surface area contributed by atoms with Gasteiger partial charge in [-0.1, -0.05) is 42.5 Å². The third-order valence-electron chi connectivity index (χ3n) is 7.43. The topological polar surface area (TPSA) is 206 Å². The minimum Gasteiger partial charge on any atom is -0.472 e. The van der Waals surface area contributed by atoms with Gasteiger partial charge in [0, 0.05) is 38.8 Å². The number of carbonyl (C=O) groups excluding carboxylic acids is 5. The number of benzene rings is 3. The second-order valence-electron chi connectivity index (χ2n) is 11.0. The highest BCUT2D eigenvalue weighted by molar-refractivity contribution is 5.88. The molecular formula is C34H36N2O15. The molecule has 1 aliphatic rings. The summed E-state index contributed by atoms with van der Waals surface area (Å²) >= 11 is 0. The summed E-state index contributed by atoms with van der Waals surface area (Å²) in [7, 11) is 1.01. The third kappa shape index (κ3) is 9.60. The van der Waals surface area contributed by atoms with E-state index < -0.39 is 77.0 Å². The van der Waals surface area contributed by atoms with Crippen molar-refractivity contribution in [3.8, 4) is 11.5 Å². The molecule has 0 aromatic heterocycles. The predicted molar refractivity (Wildman–Crippen MR) is 173 cm³/mol. The lowest BCUT2D eigenvalue weighted by atomic mass is 9.97. The van der Waals surface area contributed by atoms with Gasteiger partial charge in [0.05, 0.1) is 12.0 Å². The van der Waals surface area contributed by atoms with Gasteiger partial charge in [-0.05, 0) is 30.0 Å². The number of nitrogens with zero attached hydrogens (tertiary/aromatic N) is 2. The van der Waals surface area contributed by atoms with Crippen molar-refractivity contribution in [1.29, 1.82) is 0 Å². The molecule has 3 aromatic carbocycles. The van der Waals surface area contributed by atoms with Crippen LogP contribution in [0.2, 0.25) is 0 Å². The summed E-state index contributed by atoms with van der Waals surface area (Å²) in [5, 5.41) is 14.0. The fraction of sp³-hybridized carbons (Fsp3) is 0.382. The molecule has 272 valence electrons. The largest absolute Gasteiger partial charge is 0.472 e. The molecule has 0 aliphatic carbocycles. The molecule has 1 saturated heterocycles. The monoisotopic (exact) mass is 712 g/mol. The van der Waals surface area contributed by atoms with Gasteiger partial charge in [0.2, 0.25) is 12.4 Å². The van der Waals surface area contributed by atoms with E-state index in [0.29, 0.717) is 5.75 Å². The predicted octanol–water partition coefficient (Wildman–Crippen LogP) is 3.81. The van der Waals surface area contributed by atoms with E-state index >= 15 is 0 Å². The van der Waals surface area contributed by atoms with Gasteiger partial charge in [0.25, 0.3) is 0 Å². The zero-order chi connectivity index (χ0) is 37.2. The smallest absolute Gasteiger partial charge is 0.412 e. The first kappa shape index (κ1) is 37.8. The van der Waals surface area contributed by atoms with E-state index in [-0.39, 0.29) is 25.4 Å². The molecule has 0 spiro atoms. The van der Waals surface area contributed by atoms with Gasteiger partial charge < -0.3 is 37.9 Å². The molecule has 1 heterocycles. The second-order valence-corrected chi connectivity index (χ2v) is 11.0. The van der Waals surface area contributed by atoms with Crippen LogP contribution < -0.4 is 9.47 Å². The number of hydrogen-bond donors (Lipinski definition) is 0. The molecule has 4 rings (SSSR count). The van der Waals surface area contributed by atoms with Crippen molar-refractivity contribution < 1.29 is 66.8 Å². The van der Waals surface area contributed by atoms with Gasteiger partial charge in [0.1, 0.15) is 12.4 Å². The van der Waals surface area contributed by atoms with Gasteiger partial charge in [0.15, 0.2) is 30.8 Å². The molecule has 0 N–H and O–H groups in total. The van der Waals surface area contributed by atoms with Crippen LogP contribution in [0.1, 0.15) is 33.3 Å².